The fraction of sp³-hybridized carbons (Fsp3) is 0.200. The first-order valence-corrected chi connectivity index (χ1v) is 13.1. The van der Waals surface area contributed by atoms with Gasteiger partial charge in [0.2, 0.25) is 0 Å². The predicted molar refractivity (Wildman–Crippen MR) is 146 cm³/mol. The van der Waals surface area contributed by atoms with Crippen molar-refractivity contribution in [2.24, 2.45) is 0 Å². The van der Waals surface area contributed by atoms with Crippen LogP contribution in [0.1, 0.15) is 28.7 Å². The third kappa shape index (κ3) is 6.02. The standard InChI is InChI=1S/C30H29N3O2S/c34-30(32-35)29-14-13-28(36-29)26-11-6-9-23(17-26)20-33(16-15-22-7-2-1-3-8-22)21-24-18-25-10-4-5-12-27(25)31-19-24/h1-13,17-19,29,35H,14-16,20-21H2,(H,32,34). The summed E-state index contributed by atoms with van der Waals surface area (Å²) >= 11 is 1.50. The second-order valence-electron chi connectivity index (χ2n) is 9.07. The molecule has 2 heterocycles. The van der Waals surface area contributed by atoms with Gasteiger partial charge in [-0.15, -0.1) is 11.8 Å². The Morgan fingerprint density at radius 2 is 1.72 bits per heavy atom. The Hall–Kier alpha value is -3.45. The van der Waals surface area contributed by atoms with E-state index in [1.807, 2.05) is 18.3 Å². The van der Waals surface area contributed by atoms with Crippen molar-refractivity contribution in [3.8, 4) is 0 Å². The van der Waals surface area contributed by atoms with Gasteiger partial charge in [-0.25, -0.2) is 5.48 Å². The van der Waals surface area contributed by atoms with Crippen LogP contribution >= 0.6 is 11.8 Å². The quantitative estimate of drug-likeness (QED) is 0.226. The molecule has 1 aliphatic rings. The molecule has 5 rings (SSSR count). The molecule has 1 unspecified atom stereocenters. The summed E-state index contributed by atoms with van der Waals surface area (Å²) in [5.41, 5.74) is 7.65. The van der Waals surface area contributed by atoms with E-state index in [1.165, 1.54) is 28.5 Å². The highest BCUT2D eigenvalue weighted by molar-refractivity contribution is 8.09. The Morgan fingerprint density at radius 3 is 2.58 bits per heavy atom. The van der Waals surface area contributed by atoms with E-state index < -0.39 is 0 Å². The van der Waals surface area contributed by atoms with E-state index >= 15 is 0 Å². The minimum Gasteiger partial charge on any atom is -0.294 e. The van der Waals surface area contributed by atoms with Crippen LogP contribution < -0.4 is 5.48 Å². The van der Waals surface area contributed by atoms with E-state index in [1.54, 1.807) is 5.48 Å². The lowest BCUT2D eigenvalue weighted by atomic mass is 10.1. The van der Waals surface area contributed by atoms with E-state index in [9.17, 15) is 4.79 Å². The van der Waals surface area contributed by atoms with E-state index in [0.717, 1.165) is 47.4 Å². The number of benzene rings is 3. The highest BCUT2D eigenvalue weighted by atomic mass is 32.2. The summed E-state index contributed by atoms with van der Waals surface area (Å²) < 4.78 is 0. The summed E-state index contributed by atoms with van der Waals surface area (Å²) in [4.78, 5) is 20.0. The first-order valence-electron chi connectivity index (χ1n) is 12.2. The molecule has 0 radical (unpaired) electrons. The van der Waals surface area contributed by atoms with Crippen molar-refractivity contribution in [3.63, 3.8) is 0 Å². The molecule has 36 heavy (non-hydrogen) atoms. The van der Waals surface area contributed by atoms with Crippen LogP contribution in [0.3, 0.4) is 0 Å². The summed E-state index contributed by atoms with van der Waals surface area (Å²) in [6.45, 7) is 2.55. The molecule has 0 saturated heterocycles. The van der Waals surface area contributed by atoms with Gasteiger partial charge in [0, 0.05) is 36.1 Å². The van der Waals surface area contributed by atoms with Crippen molar-refractivity contribution in [1.82, 2.24) is 15.4 Å². The Balaban J connectivity index is 1.33. The molecule has 6 heteroatoms. The molecular formula is C30H29N3O2S. The highest BCUT2D eigenvalue weighted by Gasteiger charge is 2.25. The van der Waals surface area contributed by atoms with Gasteiger partial charge in [-0.2, -0.15) is 0 Å². The van der Waals surface area contributed by atoms with Crippen molar-refractivity contribution in [3.05, 3.63) is 119 Å². The van der Waals surface area contributed by atoms with Gasteiger partial charge in [-0.1, -0.05) is 72.8 Å². The fourth-order valence-electron chi connectivity index (χ4n) is 4.57. The van der Waals surface area contributed by atoms with Gasteiger partial charge in [-0.3, -0.25) is 19.9 Å². The Labute approximate surface area is 215 Å². The van der Waals surface area contributed by atoms with Crippen LogP contribution in [0.5, 0.6) is 0 Å². The normalized spacial score (nSPS) is 15.3. The van der Waals surface area contributed by atoms with E-state index in [0.29, 0.717) is 6.42 Å². The molecule has 2 N–H and O–H groups in total. The molecule has 0 saturated carbocycles. The zero-order valence-corrected chi connectivity index (χ0v) is 20.8. The number of hydrogen-bond acceptors (Lipinski definition) is 5. The number of carbonyl (C=O) groups is 1. The second-order valence-corrected chi connectivity index (χ2v) is 10.3. The van der Waals surface area contributed by atoms with Crippen molar-refractivity contribution in [2.75, 3.05) is 6.54 Å². The van der Waals surface area contributed by atoms with E-state index in [4.69, 9.17) is 5.21 Å². The van der Waals surface area contributed by atoms with Gasteiger partial charge in [0.1, 0.15) is 0 Å². The maximum Gasteiger partial charge on any atom is 0.257 e. The number of allylic oxidation sites excluding steroid dienone is 1. The van der Waals surface area contributed by atoms with Crippen LogP contribution in [-0.2, 0) is 24.3 Å². The minimum atomic E-state index is -0.349. The molecule has 4 aromatic rings. The number of amides is 1. The van der Waals surface area contributed by atoms with Crippen molar-refractivity contribution in [1.29, 1.82) is 0 Å². The number of para-hydroxylation sites is 1. The molecular weight excluding hydrogens is 466 g/mol. The molecule has 0 fully saturated rings. The largest absolute Gasteiger partial charge is 0.294 e. The monoisotopic (exact) mass is 495 g/mol. The predicted octanol–water partition coefficient (Wildman–Crippen LogP) is 5.83. The molecule has 1 atom stereocenters. The van der Waals surface area contributed by atoms with Crippen molar-refractivity contribution < 1.29 is 10.0 Å². The number of hydrogen-bond donors (Lipinski definition) is 2. The average Bonchev–Trinajstić information content (AvgIpc) is 3.43. The molecule has 1 aliphatic heterocycles. The van der Waals surface area contributed by atoms with Crippen LogP contribution in [0.2, 0.25) is 0 Å². The van der Waals surface area contributed by atoms with Crippen LogP contribution in [0.4, 0.5) is 0 Å². The molecule has 5 nitrogen and oxygen atoms in total. The van der Waals surface area contributed by atoms with Gasteiger partial charge < -0.3 is 0 Å². The van der Waals surface area contributed by atoms with Gasteiger partial charge in [0.05, 0.1) is 10.8 Å². The number of fused-ring (bicyclic) bond motifs is 1. The number of thioether (sulfide) groups is 1. The van der Waals surface area contributed by atoms with Crippen LogP contribution in [-0.4, -0.2) is 32.8 Å². The molecule has 1 aromatic heterocycles. The lowest BCUT2D eigenvalue weighted by Gasteiger charge is -2.23. The number of nitrogens with one attached hydrogen (secondary N) is 1. The smallest absolute Gasteiger partial charge is 0.257 e. The summed E-state index contributed by atoms with van der Waals surface area (Å²) in [6.07, 6.45) is 5.66. The highest BCUT2D eigenvalue weighted by Crippen LogP contribution is 2.39. The second kappa shape index (κ2) is 11.5. The van der Waals surface area contributed by atoms with Gasteiger partial charge in [0.25, 0.3) is 5.91 Å². The molecule has 1 amide bonds. The number of aromatic nitrogens is 1. The third-order valence-corrected chi connectivity index (χ3v) is 7.77. The topological polar surface area (TPSA) is 65.5 Å². The van der Waals surface area contributed by atoms with Crippen LogP contribution in [0, 0.1) is 0 Å². The minimum absolute atomic E-state index is 0.281. The van der Waals surface area contributed by atoms with Crippen molar-refractivity contribution in [2.45, 2.75) is 31.2 Å². The first kappa shape index (κ1) is 24.3. The van der Waals surface area contributed by atoms with Gasteiger partial charge in [-0.05, 0) is 53.3 Å². The summed E-state index contributed by atoms with van der Waals surface area (Å²) in [5, 5.41) is 9.84. The zero-order valence-electron chi connectivity index (χ0n) is 20.0. The Kier molecular flexibility index (Phi) is 7.76. The lowest BCUT2D eigenvalue weighted by Crippen LogP contribution is -2.28. The number of pyridine rings is 1. The van der Waals surface area contributed by atoms with Crippen LogP contribution in [0.15, 0.2) is 97.2 Å². The third-order valence-electron chi connectivity index (χ3n) is 6.42. The average molecular weight is 496 g/mol. The van der Waals surface area contributed by atoms with E-state index in [-0.39, 0.29) is 11.2 Å². The number of nitrogens with zero attached hydrogens (tertiary/aromatic N) is 2. The number of rotatable bonds is 9. The molecule has 0 aliphatic carbocycles. The van der Waals surface area contributed by atoms with Gasteiger partial charge in [0.15, 0.2) is 0 Å². The molecule has 0 spiro atoms. The zero-order chi connectivity index (χ0) is 24.7. The maximum atomic E-state index is 11.8. The summed E-state index contributed by atoms with van der Waals surface area (Å²) in [5.74, 6) is -0.349. The SMILES string of the molecule is O=C(NO)C1CC=C(c2cccc(CN(CCc3ccccc3)Cc3cnc4ccccc4c3)c2)S1. The summed E-state index contributed by atoms with van der Waals surface area (Å²) in [7, 11) is 0. The van der Waals surface area contributed by atoms with E-state index in [2.05, 4.69) is 88.8 Å². The van der Waals surface area contributed by atoms with Crippen molar-refractivity contribution >= 4 is 33.5 Å². The Bertz CT molecular complexity index is 1370. The number of carbonyl (C=O) groups excluding carboxylic acids is 1. The summed E-state index contributed by atoms with van der Waals surface area (Å²) in [6, 6.07) is 29.6. The first-order chi connectivity index (χ1) is 17.7. The van der Waals surface area contributed by atoms with Crippen LogP contribution in [0.25, 0.3) is 15.8 Å². The molecule has 182 valence electrons. The number of hydroxylamine groups is 1. The lowest BCUT2D eigenvalue weighted by molar-refractivity contribution is -0.128. The fourth-order valence-corrected chi connectivity index (χ4v) is 5.68. The Morgan fingerprint density at radius 1 is 0.944 bits per heavy atom. The molecule has 0 bridgehead atoms. The van der Waals surface area contributed by atoms with Gasteiger partial charge >= 0.3 is 0 Å². The molecule has 3 aromatic carbocycles. The maximum absolute atomic E-state index is 11.8.